The molecule has 0 saturated carbocycles. The summed E-state index contributed by atoms with van der Waals surface area (Å²) in [5, 5.41) is 7.49. The van der Waals surface area contributed by atoms with E-state index in [1.807, 2.05) is 11.8 Å². The van der Waals surface area contributed by atoms with E-state index in [2.05, 4.69) is 45.5 Å². The van der Waals surface area contributed by atoms with Crippen LogP contribution in [0.25, 0.3) is 0 Å². The molecule has 3 rings (SSSR count). The van der Waals surface area contributed by atoms with Crippen molar-refractivity contribution >= 4 is 17.7 Å². The van der Waals surface area contributed by atoms with Gasteiger partial charge in [-0.15, -0.1) is 5.10 Å². The van der Waals surface area contributed by atoms with Crippen molar-refractivity contribution in [2.24, 2.45) is 5.92 Å². The van der Waals surface area contributed by atoms with Crippen molar-refractivity contribution in [1.82, 2.24) is 20.1 Å². The predicted octanol–water partition coefficient (Wildman–Crippen LogP) is 2.69. The summed E-state index contributed by atoms with van der Waals surface area (Å²) >= 11 is 1.40. The number of nitrogens with zero attached hydrogens (tertiary/aromatic N) is 3. The molecule has 0 bridgehead atoms. The first kappa shape index (κ1) is 16.1. The Morgan fingerprint density at radius 3 is 2.70 bits per heavy atom. The Labute approximate surface area is 140 Å². The largest absolute Gasteiger partial charge is 0.342 e. The molecule has 1 N–H and O–H groups in total. The van der Waals surface area contributed by atoms with Crippen molar-refractivity contribution in [3.05, 3.63) is 41.7 Å². The fourth-order valence-corrected chi connectivity index (χ4v) is 3.69. The van der Waals surface area contributed by atoms with Crippen LogP contribution in [0.3, 0.4) is 0 Å². The number of amides is 1. The standard InChI is InChI=1S/C17H22N4OS/c1-13-18-17(20-19-13)23-12-16(22)21-9-7-15(8-10-21)11-14-5-3-2-4-6-14/h2-6,15H,7-12H2,1H3,(H,18,19,20). The number of hydrogen-bond donors (Lipinski definition) is 1. The molecule has 5 nitrogen and oxygen atoms in total. The Morgan fingerprint density at radius 1 is 1.30 bits per heavy atom. The number of benzene rings is 1. The maximum Gasteiger partial charge on any atom is 0.233 e. The average Bonchev–Trinajstić information content (AvgIpc) is 3.00. The van der Waals surface area contributed by atoms with Gasteiger partial charge in [0.15, 0.2) is 0 Å². The summed E-state index contributed by atoms with van der Waals surface area (Å²) in [6, 6.07) is 10.6. The molecule has 1 aliphatic rings. The second kappa shape index (κ2) is 7.64. The Bertz CT molecular complexity index is 635. The van der Waals surface area contributed by atoms with E-state index < -0.39 is 0 Å². The number of piperidine rings is 1. The second-order valence-corrected chi connectivity index (χ2v) is 6.95. The van der Waals surface area contributed by atoms with Gasteiger partial charge in [-0.2, -0.15) is 0 Å². The van der Waals surface area contributed by atoms with Crippen molar-refractivity contribution in [3.63, 3.8) is 0 Å². The summed E-state index contributed by atoms with van der Waals surface area (Å²) in [5.41, 5.74) is 1.40. The van der Waals surface area contributed by atoms with Gasteiger partial charge in [0.2, 0.25) is 11.1 Å². The minimum Gasteiger partial charge on any atom is -0.342 e. The van der Waals surface area contributed by atoms with Gasteiger partial charge in [-0.05, 0) is 37.7 Å². The first-order valence-electron chi connectivity index (χ1n) is 8.04. The fraction of sp³-hybridized carbons (Fsp3) is 0.471. The van der Waals surface area contributed by atoms with E-state index in [9.17, 15) is 4.79 Å². The van der Waals surface area contributed by atoms with E-state index >= 15 is 0 Å². The normalized spacial score (nSPS) is 15.8. The Hall–Kier alpha value is -1.82. The molecule has 1 aromatic heterocycles. The quantitative estimate of drug-likeness (QED) is 0.856. The van der Waals surface area contributed by atoms with Crippen LogP contribution in [-0.4, -0.2) is 44.8 Å². The average molecular weight is 330 g/mol. The molecule has 1 saturated heterocycles. The van der Waals surface area contributed by atoms with Gasteiger partial charge in [-0.25, -0.2) is 4.98 Å². The summed E-state index contributed by atoms with van der Waals surface area (Å²) in [6.07, 6.45) is 3.30. The molecule has 6 heteroatoms. The summed E-state index contributed by atoms with van der Waals surface area (Å²) < 4.78 is 0. The smallest absolute Gasteiger partial charge is 0.233 e. The maximum absolute atomic E-state index is 12.3. The highest BCUT2D eigenvalue weighted by Crippen LogP contribution is 2.22. The minimum absolute atomic E-state index is 0.190. The molecule has 1 amide bonds. The third kappa shape index (κ3) is 4.58. The van der Waals surface area contributed by atoms with E-state index in [-0.39, 0.29) is 5.91 Å². The van der Waals surface area contributed by atoms with Crippen LogP contribution in [0.15, 0.2) is 35.5 Å². The van der Waals surface area contributed by atoms with Gasteiger partial charge >= 0.3 is 0 Å². The second-order valence-electron chi connectivity index (χ2n) is 6.01. The van der Waals surface area contributed by atoms with Gasteiger partial charge in [-0.1, -0.05) is 42.1 Å². The van der Waals surface area contributed by atoms with Crippen LogP contribution in [0.1, 0.15) is 24.2 Å². The van der Waals surface area contributed by atoms with Crippen LogP contribution in [0, 0.1) is 12.8 Å². The lowest BCUT2D eigenvalue weighted by Crippen LogP contribution is -2.39. The SMILES string of the molecule is Cc1nc(SCC(=O)N2CCC(Cc3ccccc3)CC2)n[nH]1. The van der Waals surface area contributed by atoms with Crippen molar-refractivity contribution < 1.29 is 4.79 Å². The number of carbonyl (C=O) groups excluding carboxylic acids is 1. The topological polar surface area (TPSA) is 61.9 Å². The predicted molar refractivity (Wildman–Crippen MR) is 91.3 cm³/mol. The summed E-state index contributed by atoms with van der Waals surface area (Å²) in [4.78, 5) is 18.5. The van der Waals surface area contributed by atoms with Crippen molar-refractivity contribution in [1.29, 1.82) is 0 Å². The Balaban J connectivity index is 1.42. The number of aromatic nitrogens is 3. The molecule has 2 aromatic rings. The van der Waals surface area contributed by atoms with Gasteiger partial charge in [0.05, 0.1) is 5.75 Å². The van der Waals surface area contributed by atoms with E-state index in [0.29, 0.717) is 16.8 Å². The third-order valence-corrected chi connectivity index (χ3v) is 5.07. The molecule has 2 heterocycles. The lowest BCUT2D eigenvalue weighted by Gasteiger charge is -2.32. The Morgan fingerprint density at radius 2 is 2.04 bits per heavy atom. The van der Waals surface area contributed by atoms with Crippen molar-refractivity contribution in [2.75, 3.05) is 18.8 Å². The zero-order chi connectivity index (χ0) is 16.1. The molecule has 0 unspecified atom stereocenters. The third-order valence-electron chi connectivity index (χ3n) is 4.24. The van der Waals surface area contributed by atoms with Crippen LogP contribution in [0.2, 0.25) is 0 Å². The summed E-state index contributed by atoms with van der Waals surface area (Å²) in [7, 11) is 0. The lowest BCUT2D eigenvalue weighted by atomic mass is 9.90. The van der Waals surface area contributed by atoms with Crippen LogP contribution >= 0.6 is 11.8 Å². The van der Waals surface area contributed by atoms with E-state index in [4.69, 9.17) is 0 Å². The van der Waals surface area contributed by atoms with Crippen molar-refractivity contribution in [3.8, 4) is 0 Å². The molecule has 0 spiro atoms. The van der Waals surface area contributed by atoms with Gasteiger partial charge in [-0.3, -0.25) is 9.89 Å². The molecule has 1 aromatic carbocycles. The van der Waals surface area contributed by atoms with Gasteiger partial charge in [0.1, 0.15) is 5.82 Å². The highest BCUT2D eigenvalue weighted by atomic mass is 32.2. The van der Waals surface area contributed by atoms with Gasteiger partial charge in [0.25, 0.3) is 0 Å². The van der Waals surface area contributed by atoms with Crippen LogP contribution in [-0.2, 0) is 11.2 Å². The number of H-pyrrole nitrogens is 1. The maximum atomic E-state index is 12.3. The molecule has 23 heavy (non-hydrogen) atoms. The molecular formula is C17H22N4OS. The first-order chi connectivity index (χ1) is 11.2. The number of carbonyl (C=O) groups is 1. The molecule has 0 aliphatic carbocycles. The van der Waals surface area contributed by atoms with Crippen LogP contribution in [0.4, 0.5) is 0 Å². The number of aryl methyl sites for hydroxylation is 1. The van der Waals surface area contributed by atoms with E-state index in [1.54, 1.807) is 0 Å². The number of rotatable bonds is 5. The number of thioether (sulfide) groups is 1. The fourth-order valence-electron chi connectivity index (χ4n) is 2.94. The molecule has 1 aliphatic heterocycles. The molecule has 1 fully saturated rings. The molecule has 0 radical (unpaired) electrons. The monoisotopic (exact) mass is 330 g/mol. The minimum atomic E-state index is 0.190. The summed E-state index contributed by atoms with van der Waals surface area (Å²) in [5.74, 6) is 2.07. The number of likely N-dealkylation sites (tertiary alicyclic amines) is 1. The number of aromatic amines is 1. The molecule has 0 atom stereocenters. The first-order valence-corrected chi connectivity index (χ1v) is 9.03. The Kier molecular flexibility index (Phi) is 5.33. The molecular weight excluding hydrogens is 308 g/mol. The van der Waals surface area contributed by atoms with E-state index in [0.717, 1.165) is 38.2 Å². The van der Waals surface area contributed by atoms with Gasteiger partial charge in [0, 0.05) is 13.1 Å². The summed E-state index contributed by atoms with van der Waals surface area (Å²) in [6.45, 7) is 3.59. The van der Waals surface area contributed by atoms with E-state index in [1.165, 1.54) is 17.3 Å². The lowest BCUT2D eigenvalue weighted by molar-refractivity contribution is -0.129. The number of nitrogens with one attached hydrogen (secondary N) is 1. The van der Waals surface area contributed by atoms with Gasteiger partial charge < -0.3 is 4.90 Å². The zero-order valence-electron chi connectivity index (χ0n) is 13.4. The van der Waals surface area contributed by atoms with Crippen LogP contribution in [0.5, 0.6) is 0 Å². The van der Waals surface area contributed by atoms with Crippen LogP contribution < -0.4 is 0 Å². The highest BCUT2D eigenvalue weighted by molar-refractivity contribution is 7.99. The zero-order valence-corrected chi connectivity index (χ0v) is 14.2. The van der Waals surface area contributed by atoms with Crippen molar-refractivity contribution in [2.45, 2.75) is 31.3 Å². The molecule has 122 valence electrons. The number of hydrogen-bond acceptors (Lipinski definition) is 4. The highest BCUT2D eigenvalue weighted by Gasteiger charge is 2.23.